The molecule has 0 aliphatic carbocycles. The number of benzene rings is 2. The van der Waals surface area contributed by atoms with Crippen molar-refractivity contribution in [2.45, 2.75) is 0 Å². The lowest BCUT2D eigenvalue weighted by Gasteiger charge is -2.09. The summed E-state index contributed by atoms with van der Waals surface area (Å²) in [5.41, 5.74) is 0.680. The van der Waals surface area contributed by atoms with E-state index < -0.39 is 10.8 Å². The van der Waals surface area contributed by atoms with Crippen LogP contribution in [0.15, 0.2) is 48.5 Å². The molecule has 0 heterocycles. The number of hydrogen-bond acceptors (Lipinski definition) is 4. The Morgan fingerprint density at radius 1 is 1.26 bits per heavy atom. The molecule has 2 aromatic rings. The number of methoxy groups -OCH3 is 1. The summed E-state index contributed by atoms with van der Waals surface area (Å²) in [7, 11) is 1.44. The second kappa shape index (κ2) is 7.42. The number of halogens is 1. The zero-order valence-corrected chi connectivity index (χ0v) is 12.9. The molecule has 0 radical (unpaired) electrons. The average Bonchev–Trinajstić information content (AvgIpc) is 2.53. The summed E-state index contributed by atoms with van der Waals surface area (Å²) >= 11 is 5.97. The van der Waals surface area contributed by atoms with Gasteiger partial charge in [0.15, 0.2) is 5.75 Å². The molecule has 23 heavy (non-hydrogen) atoms. The van der Waals surface area contributed by atoms with E-state index in [1.165, 1.54) is 25.3 Å². The molecule has 118 valence electrons. The Balaban J connectivity index is 2.18. The number of carbonyl (C=O) groups is 1. The van der Waals surface area contributed by atoms with Gasteiger partial charge in [-0.05, 0) is 24.3 Å². The third-order valence-corrected chi connectivity index (χ3v) is 3.27. The third kappa shape index (κ3) is 4.08. The van der Waals surface area contributed by atoms with Gasteiger partial charge in [-0.15, -0.1) is 0 Å². The van der Waals surface area contributed by atoms with Gasteiger partial charge in [-0.2, -0.15) is 0 Å². The Labute approximate surface area is 137 Å². The predicted molar refractivity (Wildman–Crippen MR) is 88.8 cm³/mol. The first kappa shape index (κ1) is 16.5. The Morgan fingerprint density at radius 3 is 2.70 bits per heavy atom. The minimum absolute atomic E-state index is 0.0723. The van der Waals surface area contributed by atoms with Crippen LogP contribution in [-0.4, -0.2) is 17.9 Å². The minimum Gasteiger partial charge on any atom is -0.493 e. The van der Waals surface area contributed by atoms with E-state index in [2.05, 4.69) is 5.32 Å². The summed E-state index contributed by atoms with van der Waals surface area (Å²) in [6.45, 7) is 0. The fourth-order valence-electron chi connectivity index (χ4n) is 1.95. The van der Waals surface area contributed by atoms with Crippen molar-refractivity contribution in [1.82, 2.24) is 0 Å². The quantitative estimate of drug-likeness (QED) is 0.511. The van der Waals surface area contributed by atoms with Gasteiger partial charge in [0.25, 0.3) is 5.69 Å². The molecule has 0 saturated carbocycles. The van der Waals surface area contributed by atoms with E-state index in [0.29, 0.717) is 22.0 Å². The molecule has 0 atom stereocenters. The van der Waals surface area contributed by atoms with Crippen LogP contribution in [0.25, 0.3) is 6.08 Å². The van der Waals surface area contributed by atoms with Gasteiger partial charge in [-0.25, -0.2) is 0 Å². The zero-order valence-electron chi connectivity index (χ0n) is 12.2. The van der Waals surface area contributed by atoms with Gasteiger partial charge in [0.1, 0.15) is 0 Å². The van der Waals surface area contributed by atoms with Crippen LogP contribution in [-0.2, 0) is 4.79 Å². The Kier molecular flexibility index (Phi) is 5.32. The Bertz CT molecular complexity index is 774. The van der Waals surface area contributed by atoms with Crippen molar-refractivity contribution >= 4 is 35.0 Å². The number of nitrogens with one attached hydrogen (secondary N) is 1. The number of nitro benzene ring substituents is 1. The normalized spacial score (nSPS) is 10.5. The number of rotatable bonds is 5. The van der Waals surface area contributed by atoms with E-state index >= 15 is 0 Å². The second-order valence-corrected chi connectivity index (χ2v) is 4.87. The SMILES string of the molecule is COc1c(Cl)cccc1NC(=O)C=Cc1ccccc1[N+](=O)[O-]. The molecule has 0 bridgehead atoms. The molecule has 0 aromatic heterocycles. The van der Waals surface area contributed by atoms with Gasteiger partial charge in [-0.3, -0.25) is 14.9 Å². The standard InChI is InChI=1S/C16H13ClN2O4/c1-23-16-12(17)6-4-7-13(16)18-15(20)10-9-11-5-2-3-8-14(11)19(21)22/h2-10H,1H3,(H,18,20). The molecule has 0 saturated heterocycles. The number of nitrogens with zero attached hydrogens (tertiary/aromatic N) is 1. The fraction of sp³-hybridized carbons (Fsp3) is 0.0625. The maximum absolute atomic E-state index is 12.0. The summed E-state index contributed by atoms with van der Waals surface area (Å²) in [4.78, 5) is 22.4. The Hall–Kier alpha value is -2.86. The van der Waals surface area contributed by atoms with Gasteiger partial charge >= 0.3 is 0 Å². The van der Waals surface area contributed by atoms with Crippen LogP contribution in [0.4, 0.5) is 11.4 Å². The molecule has 2 rings (SSSR count). The number of para-hydroxylation sites is 2. The molecule has 0 aliphatic rings. The van der Waals surface area contributed by atoms with Gasteiger partial charge in [0, 0.05) is 12.1 Å². The van der Waals surface area contributed by atoms with E-state index in [0.717, 1.165) is 0 Å². The third-order valence-electron chi connectivity index (χ3n) is 2.98. The first-order chi connectivity index (χ1) is 11.0. The van der Waals surface area contributed by atoms with Crippen LogP contribution in [0.3, 0.4) is 0 Å². The molecule has 7 heteroatoms. The highest BCUT2D eigenvalue weighted by molar-refractivity contribution is 6.32. The van der Waals surface area contributed by atoms with Crippen molar-refractivity contribution in [3.8, 4) is 5.75 Å². The van der Waals surface area contributed by atoms with E-state index in [4.69, 9.17) is 16.3 Å². The van der Waals surface area contributed by atoms with Crippen molar-refractivity contribution < 1.29 is 14.5 Å². The summed E-state index contributed by atoms with van der Waals surface area (Å²) in [5, 5.41) is 13.9. The van der Waals surface area contributed by atoms with Crippen LogP contribution in [0.5, 0.6) is 5.75 Å². The van der Waals surface area contributed by atoms with Crippen LogP contribution in [0.1, 0.15) is 5.56 Å². The highest BCUT2D eigenvalue weighted by Gasteiger charge is 2.11. The highest BCUT2D eigenvalue weighted by Crippen LogP contribution is 2.32. The monoisotopic (exact) mass is 332 g/mol. The van der Waals surface area contributed by atoms with E-state index in [9.17, 15) is 14.9 Å². The number of anilines is 1. The number of carbonyl (C=O) groups excluding carboxylic acids is 1. The van der Waals surface area contributed by atoms with Crippen LogP contribution >= 0.6 is 11.6 Å². The molecule has 1 N–H and O–H groups in total. The van der Waals surface area contributed by atoms with Crippen molar-refractivity contribution in [3.63, 3.8) is 0 Å². The van der Waals surface area contributed by atoms with Crippen molar-refractivity contribution in [2.75, 3.05) is 12.4 Å². The number of ether oxygens (including phenoxy) is 1. The molecule has 0 aliphatic heterocycles. The van der Waals surface area contributed by atoms with Crippen molar-refractivity contribution in [3.05, 3.63) is 69.2 Å². The van der Waals surface area contributed by atoms with Crippen molar-refractivity contribution in [2.24, 2.45) is 0 Å². The number of amides is 1. The van der Waals surface area contributed by atoms with E-state index in [1.54, 1.807) is 36.4 Å². The van der Waals surface area contributed by atoms with Gasteiger partial charge < -0.3 is 10.1 Å². The largest absolute Gasteiger partial charge is 0.493 e. The molecule has 1 amide bonds. The predicted octanol–water partition coefficient (Wildman–Crippen LogP) is 3.91. The molecular formula is C16H13ClN2O4. The molecule has 0 fully saturated rings. The first-order valence-electron chi connectivity index (χ1n) is 6.58. The lowest BCUT2D eigenvalue weighted by molar-refractivity contribution is -0.385. The maximum atomic E-state index is 12.0. The summed E-state index contributed by atoms with van der Waals surface area (Å²) in [5.74, 6) is -0.106. The van der Waals surface area contributed by atoms with Crippen LogP contribution in [0, 0.1) is 10.1 Å². The van der Waals surface area contributed by atoms with Crippen LogP contribution < -0.4 is 10.1 Å². The van der Waals surface area contributed by atoms with Gasteiger partial charge in [0.2, 0.25) is 5.91 Å². The van der Waals surface area contributed by atoms with Crippen molar-refractivity contribution in [1.29, 1.82) is 0 Å². The minimum atomic E-state index is -0.502. The summed E-state index contributed by atoms with van der Waals surface area (Å²) in [6, 6.07) is 11.1. The zero-order chi connectivity index (χ0) is 16.8. The maximum Gasteiger partial charge on any atom is 0.276 e. The second-order valence-electron chi connectivity index (χ2n) is 4.46. The molecule has 0 spiro atoms. The Morgan fingerprint density at radius 2 is 2.00 bits per heavy atom. The topological polar surface area (TPSA) is 81.5 Å². The highest BCUT2D eigenvalue weighted by atomic mass is 35.5. The molecule has 6 nitrogen and oxygen atoms in total. The smallest absolute Gasteiger partial charge is 0.276 e. The lowest BCUT2D eigenvalue weighted by atomic mass is 10.1. The molecule has 0 unspecified atom stereocenters. The molecular weight excluding hydrogens is 320 g/mol. The van der Waals surface area contributed by atoms with E-state index in [1.807, 2.05) is 0 Å². The number of nitro groups is 1. The van der Waals surface area contributed by atoms with Crippen LogP contribution in [0.2, 0.25) is 5.02 Å². The first-order valence-corrected chi connectivity index (χ1v) is 6.95. The lowest BCUT2D eigenvalue weighted by Crippen LogP contribution is -2.09. The van der Waals surface area contributed by atoms with Gasteiger partial charge in [0.05, 0.1) is 28.3 Å². The fourth-order valence-corrected chi connectivity index (χ4v) is 2.20. The summed E-state index contributed by atoms with van der Waals surface area (Å²) in [6.07, 6.45) is 2.59. The van der Waals surface area contributed by atoms with E-state index in [-0.39, 0.29) is 5.69 Å². The summed E-state index contributed by atoms with van der Waals surface area (Å²) < 4.78 is 5.13. The average molecular weight is 333 g/mol. The number of hydrogen-bond donors (Lipinski definition) is 1. The molecule has 2 aromatic carbocycles. The van der Waals surface area contributed by atoms with Gasteiger partial charge in [-0.1, -0.05) is 29.8 Å².